The predicted molar refractivity (Wildman–Crippen MR) is 55.9 cm³/mol. The third-order valence-electron chi connectivity index (χ3n) is 2.54. The summed E-state index contributed by atoms with van der Waals surface area (Å²) in [5, 5.41) is 0.996. The number of hydrogen-bond donors (Lipinski definition) is 0. The van der Waals surface area contributed by atoms with E-state index < -0.39 is 0 Å². The molecule has 1 atom stereocenters. The lowest BCUT2D eigenvalue weighted by molar-refractivity contribution is -0.118. The summed E-state index contributed by atoms with van der Waals surface area (Å²) in [5.74, 6) is 0.123. The van der Waals surface area contributed by atoms with Gasteiger partial charge in [-0.15, -0.1) is 0 Å². The summed E-state index contributed by atoms with van der Waals surface area (Å²) in [6.45, 7) is 0. The summed E-state index contributed by atoms with van der Waals surface area (Å²) in [5.41, 5.74) is 0.755. The molecule has 0 N–H and O–H groups in total. The van der Waals surface area contributed by atoms with Crippen LogP contribution >= 0.6 is 23.2 Å². The largest absolute Gasteiger partial charge is 0.299 e. The molecular weight excluding hydrogens is 221 g/mol. The number of Topliss-reactive ketones (excluding diaryl/α,β-unsaturated/α-hetero) is 1. The number of halogens is 2. The Labute approximate surface area is 92.2 Å². The molecule has 0 aromatic carbocycles. The van der Waals surface area contributed by atoms with E-state index in [-0.39, 0.29) is 11.7 Å². The average Bonchev–Trinajstić information content (AvgIpc) is 2.52. The van der Waals surface area contributed by atoms with Crippen LogP contribution in [0.25, 0.3) is 0 Å². The van der Waals surface area contributed by atoms with Crippen LogP contribution in [0.1, 0.15) is 30.7 Å². The zero-order valence-electron chi connectivity index (χ0n) is 7.46. The molecule has 0 bridgehead atoms. The molecule has 1 unspecified atom stereocenters. The second-order valence-corrected chi connectivity index (χ2v) is 4.24. The zero-order valence-corrected chi connectivity index (χ0v) is 8.98. The van der Waals surface area contributed by atoms with Gasteiger partial charge in [-0.25, -0.2) is 0 Å². The number of carbonyl (C=O) groups is 1. The van der Waals surface area contributed by atoms with Gasteiger partial charge in [-0.3, -0.25) is 9.78 Å². The highest BCUT2D eigenvalue weighted by Gasteiger charge is 2.29. The highest BCUT2D eigenvalue weighted by molar-refractivity contribution is 6.36. The van der Waals surface area contributed by atoms with Gasteiger partial charge in [0.15, 0.2) is 0 Å². The second-order valence-electron chi connectivity index (χ2n) is 3.43. The van der Waals surface area contributed by atoms with Crippen LogP contribution in [0.2, 0.25) is 10.0 Å². The minimum absolute atomic E-state index is 0.113. The first-order valence-corrected chi connectivity index (χ1v) is 5.27. The predicted octanol–water partition coefficient (Wildman–Crippen LogP) is 3.23. The fourth-order valence-corrected chi connectivity index (χ4v) is 2.50. The van der Waals surface area contributed by atoms with Crippen molar-refractivity contribution in [3.8, 4) is 0 Å². The third kappa shape index (κ3) is 1.64. The van der Waals surface area contributed by atoms with Crippen molar-refractivity contribution >= 4 is 29.0 Å². The van der Waals surface area contributed by atoms with E-state index in [4.69, 9.17) is 23.2 Å². The standard InChI is InChI=1S/C10H9Cl2NO/c11-7-4-13-5-8(12)10(7)6-2-1-3-9(6)14/h4-6H,1-3H2. The van der Waals surface area contributed by atoms with Crippen molar-refractivity contribution in [3.63, 3.8) is 0 Å². The van der Waals surface area contributed by atoms with E-state index in [9.17, 15) is 4.79 Å². The number of ketones is 1. The second kappa shape index (κ2) is 3.87. The highest BCUT2D eigenvalue weighted by Crippen LogP contribution is 2.38. The van der Waals surface area contributed by atoms with Gasteiger partial charge in [0.25, 0.3) is 0 Å². The van der Waals surface area contributed by atoms with Crippen LogP contribution in [0.5, 0.6) is 0 Å². The first-order chi connectivity index (χ1) is 6.70. The molecule has 0 radical (unpaired) electrons. The number of rotatable bonds is 1. The number of hydrogen-bond acceptors (Lipinski definition) is 2. The Morgan fingerprint density at radius 3 is 2.43 bits per heavy atom. The summed E-state index contributed by atoms with van der Waals surface area (Å²) in [4.78, 5) is 15.4. The van der Waals surface area contributed by atoms with E-state index in [1.54, 1.807) is 0 Å². The van der Waals surface area contributed by atoms with Crippen molar-refractivity contribution in [1.29, 1.82) is 0 Å². The van der Waals surface area contributed by atoms with Crippen LogP contribution in [0.4, 0.5) is 0 Å². The topological polar surface area (TPSA) is 30.0 Å². The van der Waals surface area contributed by atoms with Crippen molar-refractivity contribution in [2.24, 2.45) is 0 Å². The van der Waals surface area contributed by atoms with E-state index in [0.717, 1.165) is 18.4 Å². The van der Waals surface area contributed by atoms with Crippen LogP contribution in [0, 0.1) is 0 Å². The van der Waals surface area contributed by atoms with Gasteiger partial charge < -0.3 is 0 Å². The maximum absolute atomic E-state index is 11.5. The van der Waals surface area contributed by atoms with Crippen molar-refractivity contribution in [3.05, 3.63) is 28.0 Å². The van der Waals surface area contributed by atoms with Crippen LogP contribution in [-0.2, 0) is 4.79 Å². The molecular formula is C10H9Cl2NO. The molecule has 1 heterocycles. The fourth-order valence-electron chi connectivity index (χ4n) is 1.88. The van der Waals surface area contributed by atoms with Crippen LogP contribution in [-0.4, -0.2) is 10.8 Å². The van der Waals surface area contributed by atoms with Gasteiger partial charge >= 0.3 is 0 Å². The van der Waals surface area contributed by atoms with Gasteiger partial charge in [0.1, 0.15) is 5.78 Å². The molecule has 1 aliphatic rings. The fraction of sp³-hybridized carbons (Fsp3) is 0.400. The Hall–Kier alpha value is -0.600. The molecule has 1 aromatic heterocycles. The van der Waals surface area contributed by atoms with Gasteiger partial charge in [0, 0.05) is 30.3 Å². The quantitative estimate of drug-likeness (QED) is 0.741. The Bertz CT molecular complexity index is 358. The molecule has 2 nitrogen and oxygen atoms in total. The normalized spacial score (nSPS) is 21.6. The molecule has 2 rings (SSSR count). The molecule has 1 fully saturated rings. The summed E-state index contributed by atoms with van der Waals surface area (Å²) >= 11 is 12.0. The lowest BCUT2D eigenvalue weighted by Crippen LogP contribution is -2.05. The van der Waals surface area contributed by atoms with Crippen molar-refractivity contribution in [2.45, 2.75) is 25.2 Å². The van der Waals surface area contributed by atoms with Gasteiger partial charge in [-0.2, -0.15) is 0 Å². The molecule has 0 amide bonds. The van der Waals surface area contributed by atoms with E-state index in [0.29, 0.717) is 16.5 Å². The minimum atomic E-state index is -0.113. The summed E-state index contributed by atoms with van der Waals surface area (Å²) in [7, 11) is 0. The first-order valence-electron chi connectivity index (χ1n) is 4.51. The number of aromatic nitrogens is 1. The summed E-state index contributed by atoms with van der Waals surface area (Å²) in [6, 6.07) is 0. The van der Waals surface area contributed by atoms with Gasteiger partial charge in [0.05, 0.1) is 10.0 Å². The van der Waals surface area contributed by atoms with Crippen LogP contribution in [0.15, 0.2) is 12.4 Å². The average molecular weight is 230 g/mol. The molecule has 0 aliphatic heterocycles. The maximum Gasteiger partial charge on any atom is 0.140 e. The molecule has 0 spiro atoms. The Morgan fingerprint density at radius 1 is 1.29 bits per heavy atom. The smallest absolute Gasteiger partial charge is 0.140 e. The zero-order chi connectivity index (χ0) is 10.1. The Balaban J connectivity index is 2.44. The van der Waals surface area contributed by atoms with Crippen molar-refractivity contribution < 1.29 is 4.79 Å². The van der Waals surface area contributed by atoms with Gasteiger partial charge in [-0.05, 0) is 12.8 Å². The molecule has 1 aliphatic carbocycles. The van der Waals surface area contributed by atoms with Crippen LogP contribution < -0.4 is 0 Å². The summed E-state index contributed by atoms with van der Waals surface area (Å²) in [6.07, 6.45) is 5.49. The van der Waals surface area contributed by atoms with E-state index in [1.165, 1.54) is 12.4 Å². The lowest BCUT2D eigenvalue weighted by atomic mass is 9.98. The first kappa shape index (κ1) is 9.94. The molecule has 74 valence electrons. The minimum Gasteiger partial charge on any atom is -0.299 e. The van der Waals surface area contributed by atoms with E-state index in [2.05, 4.69) is 4.98 Å². The molecule has 0 saturated heterocycles. The lowest BCUT2D eigenvalue weighted by Gasteiger charge is -2.11. The van der Waals surface area contributed by atoms with Crippen molar-refractivity contribution in [2.75, 3.05) is 0 Å². The number of pyridine rings is 1. The SMILES string of the molecule is O=C1CCCC1c1c(Cl)cncc1Cl. The Kier molecular flexibility index (Phi) is 2.75. The molecule has 1 aromatic rings. The van der Waals surface area contributed by atoms with Crippen LogP contribution in [0.3, 0.4) is 0 Å². The monoisotopic (exact) mass is 229 g/mol. The molecule has 1 saturated carbocycles. The number of nitrogens with zero attached hydrogens (tertiary/aromatic N) is 1. The third-order valence-corrected chi connectivity index (χ3v) is 3.15. The van der Waals surface area contributed by atoms with E-state index >= 15 is 0 Å². The Morgan fingerprint density at radius 2 is 1.93 bits per heavy atom. The maximum atomic E-state index is 11.5. The summed E-state index contributed by atoms with van der Waals surface area (Å²) < 4.78 is 0. The molecule has 14 heavy (non-hydrogen) atoms. The van der Waals surface area contributed by atoms with E-state index in [1.807, 2.05) is 0 Å². The van der Waals surface area contributed by atoms with Gasteiger partial charge in [-0.1, -0.05) is 23.2 Å². The van der Waals surface area contributed by atoms with Crippen molar-refractivity contribution in [1.82, 2.24) is 4.98 Å². The molecule has 4 heteroatoms. The number of carbonyl (C=O) groups excluding carboxylic acids is 1. The highest BCUT2D eigenvalue weighted by atomic mass is 35.5. The van der Waals surface area contributed by atoms with Gasteiger partial charge in [0.2, 0.25) is 0 Å².